The maximum atomic E-state index is 6.03. The third-order valence-corrected chi connectivity index (χ3v) is 4.83. The lowest BCUT2D eigenvalue weighted by Crippen LogP contribution is -2.20. The SMILES string of the molecule is CCNC(c1csc(Br)c1)c1cc2cc(C)ccc2o1. The number of hydrogen-bond acceptors (Lipinski definition) is 3. The zero-order valence-corrected chi connectivity index (χ0v) is 13.8. The maximum Gasteiger partial charge on any atom is 0.134 e. The molecule has 0 amide bonds. The van der Waals surface area contributed by atoms with E-state index in [1.54, 1.807) is 11.3 Å². The molecule has 20 heavy (non-hydrogen) atoms. The first-order valence-electron chi connectivity index (χ1n) is 6.65. The molecule has 0 aliphatic carbocycles. The smallest absolute Gasteiger partial charge is 0.134 e. The first kappa shape index (κ1) is 13.9. The fraction of sp³-hybridized carbons (Fsp3) is 0.250. The number of benzene rings is 1. The number of rotatable bonds is 4. The van der Waals surface area contributed by atoms with Crippen molar-refractivity contribution in [3.8, 4) is 0 Å². The van der Waals surface area contributed by atoms with Gasteiger partial charge in [0.05, 0.1) is 9.83 Å². The fourth-order valence-corrected chi connectivity index (χ4v) is 3.59. The summed E-state index contributed by atoms with van der Waals surface area (Å²) in [6.07, 6.45) is 0. The molecule has 0 radical (unpaired) electrons. The molecule has 0 aliphatic heterocycles. The summed E-state index contributed by atoms with van der Waals surface area (Å²) in [7, 11) is 0. The Morgan fingerprint density at radius 2 is 2.15 bits per heavy atom. The Balaban J connectivity index is 2.04. The lowest BCUT2D eigenvalue weighted by molar-refractivity contribution is 0.478. The average Bonchev–Trinajstić information content (AvgIpc) is 3.01. The molecule has 0 saturated heterocycles. The minimum Gasteiger partial charge on any atom is -0.459 e. The molecule has 0 aliphatic rings. The van der Waals surface area contributed by atoms with Crippen LogP contribution in [0.5, 0.6) is 0 Å². The van der Waals surface area contributed by atoms with Gasteiger partial charge in [-0.3, -0.25) is 0 Å². The minimum absolute atomic E-state index is 0.107. The van der Waals surface area contributed by atoms with Crippen molar-refractivity contribution in [1.29, 1.82) is 0 Å². The van der Waals surface area contributed by atoms with E-state index in [4.69, 9.17) is 4.42 Å². The van der Waals surface area contributed by atoms with Gasteiger partial charge >= 0.3 is 0 Å². The zero-order valence-electron chi connectivity index (χ0n) is 11.4. The van der Waals surface area contributed by atoms with Gasteiger partial charge in [-0.1, -0.05) is 18.6 Å². The number of hydrogen-bond donors (Lipinski definition) is 1. The van der Waals surface area contributed by atoms with Crippen LogP contribution in [-0.2, 0) is 0 Å². The lowest BCUT2D eigenvalue weighted by Gasteiger charge is -2.13. The van der Waals surface area contributed by atoms with E-state index in [-0.39, 0.29) is 6.04 Å². The Kier molecular flexibility index (Phi) is 3.96. The summed E-state index contributed by atoms with van der Waals surface area (Å²) in [6.45, 7) is 5.11. The molecule has 2 aromatic heterocycles. The Morgan fingerprint density at radius 1 is 1.30 bits per heavy atom. The molecule has 0 bridgehead atoms. The largest absolute Gasteiger partial charge is 0.459 e. The molecule has 1 atom stereocenters. The molecule has 0 saturated carbocycles. The third-order valence-electron chi connectivity index (χ3n) is 3.30. The molecule has 104 valence electrons. The van der Waals surface area contributed by atoms with Gasteiger partial charge in [0.1, 0.15) is 11.3 Å². The highest BCUT2D eigenvalue weighted by Crippen LogP contribution is 2.32. The number of aryl methyl sites for hydroxylation is 1. The predicted octanol–water partition coefficient (Wildman–Crippen LogP) is 5.26. The summed E-state index contributed by atoms with van der Waals surface area (Å²) in [5.41, 5.74) is 3.44. The Labute approximate surface area is 130 Å². The summed E-state index contributed by atoms with van der Waals surface area (Å²) >= 11 is 5.23. The zero-order chi connectivity index (χ0) is 14.1. The van der Waals surface area contributed by atoms with E-state index in [0.29, 0.717) is 0 Å². The topological polar surface area (TPSA) is 25.2 Å². The van der Waals surface area contributed by atoms with Crippen LogP contribution in [0.2, 0.25) is 0 Å². The summed E-state index contributed by atoms with van der Waals surface area (Å²) < 4.78 is 7.17. The van der Waals surface area contributed by atoms with Gasteiger partial charge in [0.2, 0.25) is 0 Å². The van der Waals surface area contributed by atoms with E-state index in [1.165, 1.54) is 11.1 Å². The molecule has 4 heteroatoms. The molecular weight excluding hydrogens is 334 g/mol. The van der Waals surface area contributed by atoms with Gasteiger partial charge in [-0.2, -0.15) is 0 Å². The van der Waals surface area contributed by atoms with Crippen molar-refractivity contribution in [3.05, 3.63) is 56.4 Å². The van der Waals surface area contributed by atoms with Gasteiger partial charge in [0.15, 0.2) is 0 Å². The quantitative estimate of drug-likeness (QED) is 0.694. The van der Waals surface area contributed by atoms with Crippen molar-refractivity contribution >= 4 is 38.2 Å². The van der Waals surface area contributed by atoms with Crippen molar-refractivity contribution in [2.24, 2.45) is 0 Å². The second kappa shape index (κ2) is 5.72. The number of halogens is 1. The van der Waals surface area contributed by atoms with Crippen LogP contribution in [0, 0.1) is 6.92 Å². The second-order valence-electron chi connectivity index (χ2n) is 4.86. The van der Waals surface area contributed by atoms with Crippen molar-refractivity contribution in [3.63, 3.8) is 0 Å². The van der Waals surface area contributed by atoms with Gasteiger partial charge in [0, 0.05) is 5.39 Å². The normalized spacial score (nSPS) is 12.9. The average molecular weight is 350 g/mol. The van der Waals surface area contributed by atoms with Gasteiger partial charge in [-0.25, -0.2) is 0 Å². The van der Waals surface area contributed by atoms with Crippen LogP contribution in [-0.4, -0.2) is 6.54 Å². The first-order chi connectivity index (χ1) is 9.67. The summed E-state index contributed by atoms with van der Waals surface area (Å²) in [5, 5.41) is 6.82. The number of nitrogens with one attached hydrogen (secondary N) is 1. The van der Waals surface area contributed by atoms with E-state index in [2.05, 4.69) is 64.7 Å². The van der Waals surface area contributed by atoms with Crippen LogP contribution in [0.25, 0.3) is 11.0 Å². The summed E-state index contributed by atoms with van der Waals surface area (Å²) in [5.74, 6) is 0.970. The Morgan fingerprint density at radius 3 is 2.85 bits per heavy atom. The van der Waals surface area contributed by atoms with E-state index >= 15 is 0 Å². The van der Waals surface area contributed by atoms with E-state index in [1.807, 2.05) is 6.07 Å². The van der Waals surface area contributed by atoms with Crippen LogP contribution in [0.3, 0.4) is 0 Å². The van der Waals surface area contributed by atoms with Gasteiger partial charge < -0.3 is 9.73 Å². The minimum atomic E-state index is 0.107. The number of thiophene rings is 1. The molecular formula is C16H16BrNOS. The Bertz CT molecular complexity index is 731. The van der Waals surface area contributed by atoms with Crippen molar-refractivity contribution in [2.75, 3.05) is 6.54 Å². The molecule has 2 heterocycles. The van der Waals surface area contributed by atoms with Crippen LogP contribution < -0.4 is 5.32 Å². The van der Waals surface area contributed by atoms with Crippen LogP contribution in [0.15, 0.2) is 43.9 Å². The molecule has 3 rings (SSSR count). The maximum absolute atomic E-state index is 6.03. The van der Waals surface area contributed by atoms with E-state index < -0.39 is 0 Å². The second-order valence-corrected chi connectivity index (χ2v) is 7.16. The number of furan rings is 1. The lowest BCUT2D eigenvalue weighted by atomic mass is 10.1. The van der Waals surface area contributed by atoms with Crippen LogP contribution in [0.4, 0.5) is 0 Å². The molecule has 1 N–H and O–H groups in total. The third kappa shape index (κ3) is 2.68. The highest BCUT2D eigenvalue weighted by Gasteiger charge is 2.18. The van der Waals surface area contributed by atoms with Crippen molar-refractivity contribution in [2.45, 2.75) is 19.9 Å². The monoisotopic (exact) mass is 349 g/mol. The molecule has 1 unspecified atom stereocenters. The van der Waals surface area contributed by atoms with E-state index in [9.17, 15) is 0 Å². The summed E-state index contributed by atoms with van der Waals surface area (Å²) in [6, 6.07) is 10.7. The molecule has 0 spiro atoms. The molecule has 2 nitrogen and oxygen atoms in total. The molecule has 1 aromatic carbocycles. The number of fused-ring (bicyclic) bond motifs is 1. The van der Waals surface area contributed by atoms with Crippen molar-refractivity contribution in [1.82, 2.24) is 5.32 Å². The molecule has 0 fully saturated rings. The van der Waals surface area contributed by atoms with Gasteiger partial charge in [0.25, 0.3) is 0 Å². The standard InChI is InChI=1S/C16H16BrNOS/c1-3-18-16(12-8-15(17)20-9-12)14-7-11-6-10(2)4-5-13(11)19-14/h4-9,16,18H,3H2,1-2H3. The molecule has 3 aromatic rings. The van der Waals surface area contributed by atoms with Crippen LogP contribution in [0.1, 0.15) is 29.9 Å². The predicted molar refractivity (Wildman–Crippen MR) is 88.5 cm³/mol. The first-order valence-corrected chi connectivity index (χ1v) is 8.32. The highest BCUT2D eigenvalue weighted by molar-refractivity contribution is 9.11. The van der Waals surface area contributed by atoms with Gasteiger partial charge in [-0.05, 0) is 64.6 Å². The van der Waals surface area contributed by atoms with Gasteiger partial charge in [-0.15, -0.1) is 11.3 Å². The van der Waals surface area contributed by atoms with Crippen molar-refractivity contribution < 1.29 is 4.42 Å². The van der Waals surface area contributed by atoms with E-state index in [0.717, 1.165) is 27.1 Å². The Hall–Kier alpha value is -1.10. The summed E-state index contributed by atoms with van der Waals surface area (Å²) in [4.78, 5) is 0. The highest BCUT2D eigenvalue weighted by atomic mass is 79.9. The van der Waals surface area contributed by atoms with Crippen LogP contribution >= 0.6 is 27.3 Å². The fourth-order valence-electron chi connectivity index (χ4n) is 2.39.